The molecular formula is C16H23FN2O2. The molecule has 5 heteroatoms. The van der Waals surface area contributed by atoms with Gasteiger partial charge in [0.2, 0.25) is 5.91 Å². The van der Waals surface area contributed by atoms with Crippen molar-refractivity contribution in [2.24, 2.45) is 11.7 Å². The first-order valence-corrected chi connectivity index (χ1v) is 7.57. The second-order valence-electron chi connectivity index (χ2n) is 5.57. The average Bonchev–Trinajstić information content (AvgIpc) is 2.91. The van der Waals surface area contributed by atoms with Crippen LogP contribution in [0.25, 0.3) is 0 Å². The maximum atomic E-state index is 12.7. The molecule has 0 radical (unpaired) electrons. The van der Waals surface area contributed by atoms with Gasteiger partial charge in [0, 0.05) is 18.5 Å². The van der Waals surface area contributed by atoms with Crippen LogP contribution in [0, 0.1) is 11.7 Å². The van der Waals surface area contributed by atoms with Gasteiger partial charge in [-0.15, -0.1) is 0 Å². The van der Waals surface area contributed by atoms with E-state index in [0.29, 0.717) is 18.9 Å². The number of rotatable bonds is 7. The predicted octanol–water partition coefficient (Wildman–Crippen LogP) is 2.23. The summed E-state index contributed by atoms with van der Waals surface area (Å²) in [7, 11) is 0. The monoisotopic (exact) mass is 294 g/mol. The van der Waals surface area contributed by atoms with Gasteiger partial charge in [-0.25, -0.2) is 4.39 Å². The maximum absolute atomic E-state index is 12.7. The Morgan fingerprint density at radius 2 is 2.05 bits per heavy atom. The van der Waals surface area contributed by atoms with Crippen LogP contribution < -0.4 is 15.8 Å². The summed E-state index contributed by atoms with van der Waals surface area (Å²) in [5.74, 6) is 0.620. The lowest BCUT2D eigenvalue weighted by molar-refractivity contribution is -0.124. The van der Waals surface area contributed by atoms with Gasteiger partial charge in [-0.1, -0.05) is 0 Å². The van der Waals surface area contributed by atoms with Crippen LogP contribution in [-0.2, 0) is 4.79 Å². The van der Waals surface area contributed by atoms with Crippen LogP contribution >= 0.6 is 0 Å². The van der Waals surface area contributed by atoms with E-state index in [2.05, 4.69) is 5.32 Å². The van der Waals surface area contributed by atoms with E-state index in [0.717, 1.165) is 32.1 Å². The summed E-state index contributed by atoms with van der Waals surface area (Å²) in [6, 6.07) is 6.16. The molecule has 0 spiro atoms. The molecule has 4 nitrogen and oxygen atoms in total. The smallest absolute Gasteiger partial charge is 0.223 e. The zero-order valence-corrected chi connectivity index (χ0v) is 12.2. The summed E-state index contributed by atoms with van der Waals surface area (Å²) in [6.45, 7) is 1.23. The summed E-state index contributed by atoms with van der Waals surface area (Å²) in [4.78, 5) is 11.8. The topological polar surface area (TPSA) is 64.4 Å². The van der Waals surface area contributed by atoms with Gasteiger partial charge >= 0.3 is 0 Å². The Morgan fingerprint density at radius 1 is 1.29 bits per heavy atom. The second-order valence-corrected chi connectivity index (χ2v) is 5.57. The molecule has 1 aromatic rings. The molecule has 0 heterocycles. The highest BCUT2D eigenvalue weighted by Gasteiger charge is 2.27. The van der Waals surface area contributed by atoms with Crippen LogP contribution in [0.4, 0.5) is 4.39 Å². The van der Waals surface area contributed by atoms with Crippen LogP contribution in [0.1, 0.15) is 32.1 Å². The Kier molecular flexibility index (Phi) is 5.99. The fourth-order valence-electron chi connectivity index (χ4n) is 2.56. The molecule has 0 aromatic heterocycles. The van der Waals surface area contributed by atoms with Crippen molar-refractivity contribution in [3.05, 3.63) is 30.1 Å². The van der Waals surface area contributed by atoms with E-state index >= 15 is 0 Å². The number of carbonyl (C=O) groups excluding carboxylic acids is 1. The Bertz CT molecular complexity index is 450. The average molecular weight is 294 g/mol. The van der Waals surface area contributed by atoms with Crippen molar-refractivity contribution in [3.63, 3.8) is 0 Å². The van der Waals surface area contributed by atoms with Gasteiger partial charge in [-0.2, -0.15) is 0 Å². The molecule has 0 saturated heterocycles. The number of amides is 1. The number of hydrogen-bond donors (Lipinski definition) is 2. The molecule has 1 saturated carbocycles. The normalized spacial score (nSPS) is 21.2. The minimum atomic E-state index is -0.267. The van der Waals surface area contributed by atoms with Gasteiger partial charge in [0.15, 0.2) is 0 Å². The minimum absolute atomic E-state index is 0.0930. The Hall–Kier alpha value is -1.62. The Balaban J connectivity index is 1.52. The van der Waals surface area contributed by atoms with Crippen molar-refractivity contribution in [1.29, 1.82) is 0 Å². The highest BCUT2D eigenvalue weighted by Crippen LogP contribution is 2.23. The standard InChI is InChI=1S/C16H23FN2O2/c17-13-4-7-15(8-5-13)21-10-2-1-9-19-16(20)12-3-6-14(18)11-12/h4-5,7-8,12,14H,1-3,6,9-11,18H2,(H,19,20). The van der Waals surface area contributed by atoms with Gasteiger partial charge in [0.25, 0.3) is 0 Å². The van der Waals surface area contributed by atoms with Crippen molar-refractivity contribution >= 4 is 5.91 Å². The lowest BCUT2D eigenvalue weighted by atomic mass is 10.1. The molecule has 116 valence electrons. The fraction of sp³-hybridized carbons (Fsp3) is 0.562. The van der Waals surface area contributed by atoms with E-state index in [1.165, 1.54) is 12.1 Å². The number of halogens is 1. The summed E-state index contributed by atoms with van der Waals surface area (Å²) in [5, 5.41) is 2.95. The molecule has 2 atom stereocenters. The van der Waals surface area contributed by atoms with Gasteiger partial charge in [-0.05, 0) is 56.4 Å². The van der Waals surface area contributed by atoms with E-state index in [9.17, 15) is 9.18 Å². The second kappa shape index (κ2) is 7.98. The molecule has 1 aliphatic rings. The highest BCUT2D eigenvalue weighted by molar-refractivity contribution is 5.78. The maximum Gasteiger partial charge on any atom is 0.223 e. The molecule has 1 aromatic carbocycles. The zero-order chi connectivity index (χ0) is 15.1. The number of nitrogens with one attached hydrogen (secondary N) is 1. The summed E-state index contributed by atoms with van der Waals surface area (Å²) < 4.78 is 18.2. The summed E-state index contributed by atoms with van der Waals surface area (Å²) in [6.07, 6.45) is 4.37. The first-order chi connectivity index (χ1) is 10.1. The predicted molar refractivity (Wildman–Crippen MR) is 79.5 cm³/mol. The van der Waals surface area contributed by atoms with Crippen LogP contribution in [0.5, 0.6) is 5.75 Å². The molecule has 21 heavy (non-hydrogen) atoms. The SMILES string of the molecule is NC1CCC(C(=O)NCCCCOc2ccc(F)cc2)C1. The molecule has 0 bridgehead atoms. The molecular weight excluding hydrogens is 271 g/mol. The van der Waals surface area contributed by atoms with Crippen molar-refractivity contribution in [1.82, 2.24) is 5.32 Å². The largest absolute Gasteiger partial charge is 0.494 e. The van der Waals surface area contributed by atoms with E-state index in [4.69, 9.17) is 10.5 Å². The lowest BCUT2D eigenvalue weighted by Gasteiger charge is -2.11. The molecule has 0 aliphatic heterocycles. The molecule has 1 aliphatic carbocycles. The van der Waals surface area contributed by atoms with Gasteiger partial charge in [0.1, 0.15) is 11.6 Å². The van der Waals surface area contributed by atoms with Crippen LogP contribution in [-0.4, -0.2) is 25.1 Å². The third-order valence-corrected chi connectivity index (χ3v) is 3.80. The molecule has 1 fully saturated rings. The van der Waals surface area contributed by atoms with Crippen molar-refractivity contribution < 1.29 is 13.9 Å². The van der Waals surface area contributed by atoms with Gasteiger partial charge in [0.05, 0.1) is 6.61 Å². The van der Waals surface area contributed by atoms with Crippen molar-refractivity contribution in [2.45, 2.75) is 38.1 Å². The summed E-state index contributed by atoms with van der Waals surface area (Å²) in [5.41, 5.74) is 5.80. The molecule has 2 unspecified atom stereocenters. The minimum Gasteiger partial charge on any atom is -0.494 e. The molecule has 2 rings (SSSR count). The third kappa shape index (κ3) is 5.34. The van der Waals surface area contributed by atoms with E-state index in [1.807, 2.05) is 0 Å². The summed E-state index contributed by atoms with van der Waals surface area (Å²) >= 11 is 0. The zero-order valence-electron chi connectivity index (χ0n) is 12.2. The Labute approximate surface area is 124 Å². The van der Waals surface area contributed by atoms with E-state index in [1.54, 1.807) is 12.1 Å². The van der Waals surface area contributed by atoms with Crippen LogP contribution in [0.3, 0.4) is 0 Å². The first-order valence-electron chi connectivity index (χ1n) is 7.57. The Morgan fingerprint density at radius 3 is 2.71 bits per heavy atom. The van der Waals surface area contributed by atoms with E-state index < -0.39 is 0 Å². The number of benzene rings is 1. The lowest BCUT2D eigenvalue weighted by Crippen LogP contribution is -2.31. The van der Waals surface area contributed by atoms with Crippen molar-refractivity contribution in [3.8, 4) is 5.75 Å². The fourth-order valence-corrected chi connectivity index (χ4v) is 2.56. The van der Waals surface area contributed by atoms with Crippen LogP contribution in [0.15, 0.2) is 24.3 Å². The number of carbonyl (C=O) groups is 1. The molecule has 1 amide bonds. The molecule has 3 N–H and O–H groups in total. The number of unbranched alkanes of at least 4 members (excludes halogenated alkanes) is 1. The van der Waals surface area contributed by atoms with Crippen LogP contribution in [0.2, 0.25) is 0 Å². The third-order valence-electron chi connectivity index (χ3n) is 3.80. The number of ether oxygens (including phenoxy) is 1. The number of hydrogen-bond acceptors (Lipinski definition) is 3. The van der Waals surface area contributed by atoms with Gasteiger partial charge in [-0.3, -0.25) is 4.79 Å². The first kappa shape index (κ1) is 15.8. The number of nitrogens with two attached hydrogens (primary N) is 1. The van der Waals surface area contributed by atoms with Gasteiger partial charge < -0.3 is 15.8 Å². The quantitative estimate of drug-likeness (QED) is 0.758. The highest BCUT2D eigenvalue weighted by atomic mass is 19.1. The van der Waals surface area contributed by atoms with Crippen molar-refractivity contribution in [2.75, 3.05) is 13.2 Å². The van der Waals surface area contributed by atoms with E-state index in [-0.39, 0.29) is 23.7 Å².